The highest BCUT2D eigenvalue weighted by atomic mass is 19.3. The molecule has 1 unspecified atom stereocenters. The van der Waals surface area contributed by atoms with Gasteiger partial charge in [-0.05, 0) is 49.7 Å². The van der Waals surface area contributed by atoms with Gasteiger partial charge in [-0.1, -0.05) is 5.16 Å². The van der Waals surface area contributed by atoms with E-state index in [2.05, 4.69) is 20.4 Å². The van der Waals surface area contributed by atoms with Crippen molar-refractivity contribution in [1.29, 1.82) is 0 Å². The first-order chi connectivity index (χ1) is 13.7. The van der Waals surface area contributed by atoms with Crippen LogP contribution >= 0.6 is 0 Å². The molecule has 1 amide bonds. The fourth-order valence-corrected chi connectivity index (χ4v) is 2.62. The number of aliphatic hydroxyl groups is 1. The molecule has 152 valence electrons. The van der Waals surface area contributed by atoms with Crippen molar-refractivity contribution < 1.29 is 27.6 Å². The van der Waals surface area contributed by atoms with Gasteiger partial charge in [0.1, 0.15) is 18.0 Å². The van der Waals surface area contributed by atoms with Crippen LogP contribution in [-0.4, -0.2) is 32.6 Å². The quantitative estimate of drug-likeness (QED) is 0.651. The zero-order valence-electron chi connectivity index (χ0n) is 15.4. The number of rotatable bonds is 6. The predicted octanol–water partition coefficient (Wildman–Crippen LogP) is 3.37. The van der Waals surface area contributed by atoms with Crippen LogP contribution in [0.1, 0.15) is 46.7 Å². The largest absolute Gasteiger partial charge is 0.382 e. The number of pyridine rings is 1. The molecule has 0 fully saturated rings. The van der Waals surface area contributed by atoms with E-state index in [0.717, 1.165) is 18.3 Å². The molecule has 0 aliphatic carbocycles. The molecule has 0 radical (unpaired) electrons. The monoisotopic (exact) mass is 406 g/mol. The number of carbonyl (C=O) groups excluding carboxylic acids is 1. The maximum Gasteiger partial charge on any atom is 0.268 e. The lowest BCUT2D eigenvalue weighted by molar-refractivity contribution is -0.00579. The van der Waals surface area contributed by atoms with Gasteiger partial charge < -0.3 is 14.9 Å². The van der Waals surface area contributed by atoms with E-state index in [1.165, 1.54) is 18.2 Å². The molecule has 3 aromatic rings. The molecular formula is C19H17F3N4O3. The molecule has 0 bridgehead atoms. The van der Waals surface area contributed by atoms with Crippen LogP contribution in [0.3, 0.4) is 0 Å². The summed E-state index contributed by atoms with van der Waals surface area (Å²) in [7, 11) is 0. The Labute approximate surface area is 163 Å². The minimum atomic E-state index is -3.05. The Bertz CT molecular complexity index is 1010. The Morgan fingerprint density at radius 1 is 1.24 bits per heavy atom. The molecule has 0 aliphatic heterocycles. The normalized spacial score (nSPS) is 13.3. The van der Waals surface area contributed by atoms with Crippen molar-refractivity contribution in [2.24, 2.45) is 0 Å². The molecule has 2 aromatic heterocycles. The smallest absolute Gasteiger partial charge is 0.268 e. The minimum absolute atomic E-state index is 0.00594. The van der Waals surface area contributed by atoms with Gasteiger partial charge >= 0.3 is 0 Å². The first-order valence-electron chi connectivity index (χ1n) is 8.59. The van der Waals surface area contributed by atoms with E-state index in [4.69, 9.17) is 4.52 Å². The number of amides is 1. The van der Waals surface area contributed by atoms with Crippen LogP contribution in [0, 0.1) is 12.7 Å². The molecule has 2 heterocycles. The van der Waals surface area contributed by atoms with Crippen LogP contribution in [0.25, 0.3) is 11.3 Å². The van der Waals surface area contributed by atoms with Crippen LogP contribution in [-0.2, 0) is 0 Å². The Kier molecular flexibility index (Phi) is 5.92. The lowest BCUT2D eigenvalue weighted by Crippen LogP contribution is -2.27. The maximum atomic E-state index is 13.1. The summed E-state index contributed by atoms with van der Waals surface area (Å²) in [6.45, 7) is 3.24. The predicted molar refractivity (Wildman–Crippen MR) is 95.5 cm³/mol. The Morgan fingerprint density at radius 2 is 2.00 bits per heavy atom. The summed E-state index contributed by atoms with van der Waals surface area (Å²) in [4.78, 5) is 20.6. The second-order valence-corrected chi connectivity index (χ2v) is 6.36. The standard InChI is InChI=1S/C19H17F3N4O3/c1-9(19-25-10(2)26-29-19)24-18(28)13-6-11(15-4-3-14(20)8-23-15)5-12(7-13)16(27)17(21)22/h3-9,16-17,27H,1-2H3,(H,24,28)/t9-,16?/m1/s1. The Balaban J connectivity index is 1.95. The molecule has 3 rings (SSSR count). The molecule has 0 saturated carbocycles. The highest BCUT2D eigenvalue weighted by Crippen LogP contribution is 2.28. The zero-order valence-corrected chi connectivity index (χ0v) is 15.4. The molecule has 1 aromatic carbocycles. The van der Waals surface area contributed by atoms with Crippen molar-refractivity contribution >= 4 is 5.91 Å². The number of nitrogens with one attached hydrogen (secondary N) is 1. The molecule has 7 nitrogen and oxygen atoms in total. The van der Waals surface area contributed by atoms with Crippen LogP contribution in [0.5, 0.6) is 0 Å². The molecule has 2 atom stereocenters. The van der Waals surface area contributed by atoms with Crippen molar-refractivity contribution in [3.05, 3.63) is 65.2 Å². The summed E-state index contributed by atoms with van der Waals surface area (Å²) < 4.78 is 44.2. The van der Waals surface area contributed by atoms with Crippen LogP contribution in [0.4, 0.5) is 13.2 Å². The van der Waals surface area contributed by atoms with Crippen molar-refractivity contribution in [2.75, 3.05) is 0 Å². The van der Waals surface area contributed by atoms with Crippen molar-refractivity contribution in [3.63, 3.8) is 0 Å². The molecule has 2 N–H and O–H groups in total. The van der Waals surface area contributed by atoms with Gasteiger partial charge in [0.2, 0.25) is 5.89 Å². The molecule has 0 spiro atoms. The van der Waals surface area contributed by atoms with Gasteiger partial charge in [0.15, 0.2) is 5.82 Å². The highest BCUT2D eigenvalue weighted by Gasteiger charge is 2.23. The maximum absolute atomic E-state index is 13.1. The van der Waals surface area contributed by atoms with Gasteiger partial charge in [0.25, 0.3) is 12.3 Å². The van der Waals surface area contributed by atoms with Crippen molar-refractivity contribution in [1.82, 2.24) is 20.4 Å². The van der Waals surface area contributed by atoms with E-state index in [0.29, 0.717) is 5.82 Å². The molecule has 10 heteroatoms. The Hall–Kier alpha value is -3.27. The first kappa shape index (κ1) is 20.5. The van der Waals surface area contributed by atoms with E-state index in [9.17, 15) is 23.1 Å². The summed E-state index contributed by atoms with van der Waals surface area (Å²) >= 11 is 0. The van der Waals surface area contributed by atoms with Crippen molar-refractivity contribution in [3.8, 4) is 11.3 Å². The minimum Gasteiger partial charge on any atom is -0.382 e. The van der Waals surface area contributed by atoms with E-state index < -0.39 is 30.3 Å². The number of hydrogen-bond acceptors (Lipinski definition) is 6. The fraction of sp³-hybridized carbons (Fsp3) is 0.263. The second kappa shape index (κ2) is 8.39. The third-order valence-corrected chi connectivity index (χ3v) is 4.08. The van der Waals surface area contributed by atoms with Gasteiger partial charge in [-0.2, -0.15) is 4.98 Å². The number of aryl methyl sites for hydroxylation is 1. The molecule has 0 aliphatic rings. The van der Waals surface area contributed by atoms with Crippen molar-refractivity contribution in [2.45, 2.75) is 32.4 Å². The first-order valence-corrected chi connectivity index (χ1v) is 8.59. The topological polar surface area (TPSA) is 101 Å². The van der Waals surface area contributed by atoms with Crippen LogP contribution < -0.4 is 5.32 Å². The number of hydrogen-bond donors (Lipinski definition) is 2. The summed E-state index contributed by atoms with van der Waals surface area (Å²) in [5, 5.41) is 16.1. The fourth-order valence-electron chi connectivity index (χ4n) is 2.62. The number of benzene rings is 1. The summed E-state index contributed by atoms with van der Waals surface area (Å²) in [5.74, 6) is -0.605. The summed E-state index contributed by atoms with van der Waals surface area (Å²) in [5.41, 5.74) is 0.361. The molecule has 29 heavy (non-hydrogen) atoms. The SMILES string of the molecule is Cc1noc([C@@H](C)NC(=O)c2cc(-c3ccc(F)cn3)cc(C(O)C(F)F)c2)n1. The zero-order chi connectivity index (χ0) is 21.1. The average Bonchev–Trinajstić information content (AvgIpc) is 3.14. The third kappa shape index (κ3) is 4.77. The van der Waals surface area contributed by atoms with Crippen LogP contribution in [0.2, 0.25) is 0 Å². The summed E-state index contributed by atoms with van der Waals surface area (Å²) in [6, 6.07) is 5.69. The van der Waals surface area contributed by atoms with Gasteiger partial charge in [-0.3, -0.25) is 9.78 Å². The van der Waals surface area contributed by atoms with Gasteiger partial charge in [0, 0.05) is 11.1 Å². The average molecular weight is 406 g/mol. The Morgan fingerprint density at radius 3 is 2.59 bits per heavy atom. The number of halogens is 3. The molecule has 0 saturated heterocycles. The van der Waals surface area contributed by atoms with Gasteiger partial charge in [-0.25, -0.2) is 13.2 Å². The van der Waals surface area contributed by atoms with Gasteiger partial charge in [-0.15, -0.1) is 0 Å². The lowest BCUT2D eigenvalue weighted by Gasteiger charge is -2.15. The summed E-state index contributed by atoms with van der Waals surface area (Å²) in [6.07, 6.45) is -4.19. The van der Waals surface area contributed by atoms with Gasteiger partial charge in [0.05, 0.1) is 11.9 Å². The number of carbonyl (C=O) groups is 1. The van der Waals surface area contributed by atoms with E-state index in [1.54, 1.807) is 13.8 Å². The van der Waals surface area contributed by atoms with E-state index in [1.807, 2.05) is 0 Å². The number of nitrogens with zero attached hydrogens (tertiary/aromatic N) is 3. The molecular weight excluding hydrogens is 389 g/mol. The van der Waals surface area contributed by atoms with E-state index in [-0.39, 0.29) is 28.3 Å². The number of aliphatic hydroxyl groups excluding tert-OH is 1. The van der Waals surface area contributed by atoms with Crippen LogP contribution in [0.15, 0.2) is 41.1 Å². The lowest BCUT2D eigenvalue weighted by atomic mass is 9.99. The second-order valence-electron chi connectivity index (χ2n) is 6.36. The third-order valence-electron chi connectivity index (χ3n) is 4.08. The van der Waals surface area contributed by atoms with E-state index >= 15 is 0 Å². The number of aromatic nitrogens is 3. The number of alkyl halides is 2. The highest BCUT2D eigenvalue weighted by molar-refractivity contribution is 5.95.